The molecular formula is C20H18N4O2. The normalized spacial score (nSPS) is 10.5. The molecule has 26 heavy (non-hydrogen) atoms. The smallest absolute Gasteiger partial charge is 0.249 e. The van der Waals surface area contributed by atoms with Gasteiger partial charge in [-0.2, -0.15) is 0 Å². The van der Waals surface area contributed by atoms with Gasteiger partial charge in [-0.15, -0.1) is 0 Å². The summed E-state index contributed by atoms with van der Waals surface area (Å²) in [5.41, 5.74) is 27.2. The SMILES string of the molecule is NC(=O)c1ccc(-c2cc(N)ccc2-c2ccc(N)cc2)c(C(N)=O)c1. The molecule has 0 aliphatic carbocycles. The van der Waals surface area contributed by atoms with Crippen molar-refractivity contribution in [3.05, 3.63) is 71.8 Å². The van der Waals surface area contributed by atoms with Crippen molar-refractivity contribution in [2.24, 2.45) is 11.5 Å². The van der Waals surface area contributed by atoms with Crippen LogP contribution >= 0.6 is 0 Å². The van der Waals surface area contributed by atoms with E-state index in [1.807, 2.05) is 18.2 Å². The first kappa shape index (κ1) is 17.0. The lowest BCUT2D eigenvalue weighted by Crippen LogP contribution is -2.16. The highest BCUT2D eigenvalue weighted by molar-refractivity contribution is 6.05. The zero-order chi connectivity index (χ0) is 18.8. The topological polar surface area (TPSA) is 138 Å². The van der Waals surface area contributed by atoms with E-state index in [1.54, 1.807) is 36.4 Å². The van der Waals surface area contributed by atoms with E-state index in [0.29, 0.717) is 16.9 Å². The van der Waals surface area contributed by atoms with Gasteiger partial charge in [0.1, 0.15) is 0 Å². The standard InChI is InChI=1S/C20H18N4O2/c21-13-4-1-11(2-5-13)15-8-6-14(22)10-17(15)16-7-3-12(19(23)25)9-18(16)20(24)26/h1-10H,21-22H2,(H2,23,25)(H2,24,26). The van der Waals surface area contributed by atoms with E-state index in [1.165, 1.54) is 6.07 Å². The van der Waals surface area contributed by atoms with Crippen LogP contribution in [0.15, 0.2) is 60.7 Å². The Labute approximate surface area is 150 Å². The van der Waals surface area contributed by atoms with E-state index in [-0.39, 0.29) is 11.1 Å². The summed E-state index contributed by atoms with van der Waals surface area (Å²) in [7, 11) is 0. The Morgan fingerprint density at radius 2 is 1.23 bits per heavy atom. The number of carbonyl (C=O) groups is 2. The third kappa shape index (κ3) is 3.21. The van der Waals surface area contributed by atoms with Crippen molar-refractivity contribution >= 4 is 23.2 Å². The average Bonchev–Trinajstić information content (AvgIpc) is 2.62. The Morgan fingerprint density at radius 3 is 1.85 bits per heavy atom. The molecule has 0 radical (unpaired) electrons. The maximum absolute atomic E-state index is 12.0. The third-order valence-electron chi connectivity index (χ3n) is 4.13. The average molecular weight is 346 g/mol. The molecule has 3 aromatic rings. The third-order valence-corrected chi connectivity index (χ3v) is 4.13. The predicted octanol–water partition coefficient (Wildman–Crippen LogP) is 2.38. The molecule has 0 bridgehead atoms. The molecular weight excluding hydrogens is 328 g/mol. The number of benzene rings is 3. The molecule has 8 N–H and O–H groups in total. The van der Waals surface area contributed by atoms with Crippen LogP contribution in [0.4, 0.5) is 11.4 Å². The van der Waals surface area contributed by atoms with E-state index in [0.717, 1.165) is 16.7 Å². The second-order valence-electron chi connectivity index (χ2n) is 5.92. The monoisotopic (exact) mass is 346 g/mol. The molecule has 0 unspecified atom stereocenters. The maximum Gasteiger partial charge on any atom is 0.249 e. The van der Waals surface area contributed by atoms with Gasteiger partial charge in [0.15, 0.2) is 0 Å². The lowest BCUT2D eigenvalue weighted by atomic mass is 9.90. The molecule has 0 saturated carbocycles. The maximum atomic E-state index is 12.0. The summed E-state index contributed by atoms with van der Waals surface area (Å²) in [5, 5.41) is 0. The molecule has 0 spiro atoms. The lowest BCUT2D eigenvalue weighted by molar-refractivity contribution is 0.0999. The van der Waals surface area contributed by atoms with E-state index in [9.17, 15) is 9.59 Å². The van der Waals surface area contributed by atoms with Crippen molar-refractivity contribution < 1.29 is 9.59 Å². The van der Waals surface area contributed by atoms with Gasteiger partial charge in [0.05, 0.1) is 0 Å². The highest BCUT2D eigenvalue weighted by Gasteiger charge is 2.17. The summed E-state index contributed by atoms with van der Waals surface area (Å²) >= 11 is 0. The number of nitrogens with two attached hydrogens (primary N) is 4. The largest absolute Gasteiger partial charge is 0.399 e. The number of amides is 2. The zero-order valence-electron chi connectivity index (χ0n) is 13.9. The molecule has 0 aliphatic rings. The van der Waals surface area contributed by atoms with Crippen LogP contribution in [0.3, 0.4) is 0 Å². The molecule has 0 saturated heterocycles. The molecule has 130 valence electrons. The molecule has 0 aromatic heterocycles. The van der Waals surface area contributed by atoms with E-state index in [2.05, 4.69) is 0 Å². The minimum atomic E-state index is -0.659. The molecule has 6 nitrogen and oxygen atoms in total. The number of carbonyl (C=O) groups excluding carboxylic acids is 2. The number of primary amides is 2. The van der Waals surface area contributed by atoms with Gasteiger partial charge in [-0.1, -0.05) is 24.3 Å². The number of hydrogen-bond acceptors (Lipinski definition) is 4. The Hall–Kier alpha value is -3.80. The Balaban J connectivity index is 2.27. The lowest BCUT2D eigenvalue weighted by Gasteiger charge is -2.15. The first-order chi connectivity index (χ1) is 12.4. The fourth-order valence-electron chi connectivity index (χ4n) is 2.84. The van der Waals surface area contributed by atoms with Crippen LogP contribution in [0.2, 0.25) is 0 Å². The Kier molecular flexibility index (Phi) is 4.33. The first-order valence-electron chi connectivity index (χ1n) is 7.86. The number of rotatable bonds is 4. The molecule has 6 heteroatoms. The number of hydrogen-bond donors (Lipinski definition) is 4. The summed E-state index contributed by atoms with van der Waals surface area (Å²) < 4.78 is 0. The van der Waals surface area contributed by atoms with E-state index < -0.39 is 11.8 Å². The molecule has 0 atom stereocenters. The summed E-state index contributed by atoms with van der Waals surface area (Å²) in [5.74, 6) is -1.29. The van der Waals surface area contributed by atoms with Gasteiger partial charge in [-0.25, -0.2) is 0 Å². The second kappa shape index (κ2) is 6.60. The second-order valence-corrected chi connectivity index (χ2v) is 5.92. The highest BCUT2D eigenvalue weighted by atomic mass is 16.1. The van der Waals surface area contributed by atoms with Crippen LogP contribution in [-0.4, -0.2) is 11.8 Å². The van der Waals surface area contributed by atoms with Gasteiger partial charge in [0.25, 0.3) is 0 Å². The van der Waals surface area contributed by atoms with Crippen LogP contribution in [-0.2, 0) is 0 Å². The molecule has 0 heterocycles. The summed E-state index contributed by atoms with van der Waals surface area (Å²) in [4.78, 5) is 23.4. The first-order valence-corrected chi connectivity index (χ1v) is 7.86. The molecule has 0 aliphatic heterocycles. The zero-order valence-corrected chi connectivity index (χ0v) is 13.9. The van der Waals surface area contributed by atoms with Crippen molar-refractivity contribution in [3.8, 4) is 22.3 Å². The minimum absolute atomic E-state index is 0.198. The minimum Gasteiger partial charge on any atom is -0.399 e. The fourth-order valence-corrected chi connectivity index (χ4v) is 2.84. The molecule has 3 rings (SSSR count). The number of anilines is 2. The summed E-state index contributed by atoms with van der Waals surface area (Å²) in [6, 6.07) is 17.3. The number of nitrogen functional groups attached to an aromatic ring is 2. The van der Waals surface area contributed by atoms with E-state index >= 15 is 0 Å². The molecule has 2 amide bonds. The molecule has 3 aromatic carbocycles. The van der Waals surface area contributed by atoms with Gasteiger partial charge >= 0.3 is 0 Å². The van der Waals surface area contributed by atoms with Crippen molar-refractivity contribution in [2.45, 2.75) is 0 Å². The Morgan fingerprint density at radius 1 is 0.615 bits per heavy atom. The van der Waals surface area contributed by atoms with Gasteiger partial charge in [-0.3, -0.25) is 9.59 Å². The van der Waals surface area contributed by atoms with Gasteiger partial charge in [-0.05, 0) is 58.7 Å². The van der Waals surface area contributed by atoms with Gasteiger partial charge < -0.3 is 22.9 Å². The van der Waals surface area contributed by atoms with Crippen LogP contribution < -0.4 is 22.9 Å². The van der Waals surface area contributed by atoms with Crippen molar-refractivity contribution in [3.63, 3.8) is 0 Å². The van der Waals surface area contributed by atoms with Crippen LogP contribution in [0.5, 0.6) is 0 Å². The van der Waals surface area contributed by atoms with Crippen LogP contribution in [0, 0.1) is 0 Å². The van der Waals surface area contributed by atoms with Crippen molar-refractivity contribution in [2.75, 3.05) is 11.5 Å². The van der Waals surface area contributed by atoms with Crippen LogP contribution in [0.1, 0.15) is 20.7 Å². The van der Waals surface area contributed by atoms with E-state index in [4.69, 9.17) is 22.9 Å². The quantitative estimate of drug-likeness (QED) is 0.539. The van der Waals surface area contributed by atoms with Crippen LogP contribution in [0.25, 0.3) is 22.3 Å². The van der Waals surface area contributed by atoms with Gasteiger partial charge in [0.2, 0.25) is 11.8 Å². The predicted molar refractivity (Wildman–Crippen MR) is 103 cm³/mol. The van der Waals surface area contributed by atoms with Crippen molar-refractivity contribution in [1.29, 1.82) is 0 Å². The summed E-state index contributed by atoms with van der Waals surface area (Å²) in [6.07, 6.45) is 0. The van der Waals surface area contributed by atoms with Crippen molar-refractivity contribution in [1.82, 2.24) is 0 Å². The van der Waals surface area contributed by atoms with Gasteiger partial charge in [0, 0.05) is 22.5 Å². The Bertz CT molecular complexity index is 1010. The molecule has 0 fully saturated rings. The highest BCUT2D eigenvalue weighted by Crippen LogP contribution is 2.36. The summed E-state index contributed by atoms with van der Waals surface area (Å²) in [6.45, 7) is 0. The fraction of sp³-hybridized carbons (Fsp3) is 0.